The van der Waals surface area contributed by atoms with E-state index in [0.29, 0.717) is 44.5 Å². The van der Waals surface area contributed by atoms with Gasteiger partial charge in [0.25, 0.3) is 5.91 Å². The zero-order chi connectivity index (χ0) is 32.8. The van der Waals surface area contributed by atoms with Crippen LogP contribution in [0.4, 0.5) is 11.4 Å². The van der Waals surface area contributed by atoms with Gasteiger partial charge in [-0.2, -0.15) is 0 Å². The van der Waals surface area contributed by atoms with Gasteiger partial charge >= 0.3 is 0 Å². The molecule has 3 aromatic heterocycles. The fraction of sp³-hybridized carbons (Fsp3) is 0.121. The number of nitrogens with one attached hydrogen (secondary N) is 2. The van der Waals surface area contributed by atoms with Crippen LogP contribution in [0.2, 0.25) is 10.0 Å². The van der Waals surface area contributed by atoms with Gasteiger partial charge in [0.05, 0.1) is 22.9 Å². The second-order valence-electron chi connectivity index (χ2n) is 10.0. The Balaban J connectivity index is 1.16. The van der Waals surface area contributed by atoms with Crippen molar-refractivity contribution in [3.8, 4) is 5.75 Å². The summed E-state index contributed by atoms with van der Waals surface area (Å²) in [5, 5.41) is 5.99. The first-order valence-electron chi connectivity index (χ1n) is 13.9. The van der Waals surface area contributed by atoms with Crippen LogP contribution in [-0.2, 0) is 16.2 Å². The third-order valence-corrected chi connectivity index (χ3v) is 8.67. The highest BCUT2D eigenvalue weighted by atomic mass is 79.9. The van der Waals surface area contributed by atoms with Gasteiger partial charge in [0.2, 0.25) is 11.8 Å². The number of imidazole rings is 1. The van der Waals surface area contributed by atoms with Crippen LogP contribution >= 0.6 is 39.1 Å². The zero-order valence-corrected chi connectivity index (χ0v) is 27.7. The quantitative estimate of drug-likeness (QED) is 0.155. The average molecular weight is 722 g/mol. The normalized spacial score (nSPS) is 11.1. The largest absolute Gasteiger partial charge is 0.485 e. The number of carbonyl (C=O) groups excluding carboxylic acids is 3. The minimum atomic E-state index is -0.465. The maximum Gasteiger partial charge on any atom is 0.255 e. The molecule has 0 saturated heterocycles. The Hall–Kier alpha value is -4.71. The fourth-order valence-corrected chi connectivity index (χ4v) is 5.38. The Labute approximate surface area is 283 Å². The third kappa shape index (κ3) is 7.56. The van der Waals surface area contributed by atoms with E-state index >= 15 is 0 Å². The highest BCUT2D eigenvalue weighted by Gasteiger charge is 2.20. The lowest BCUT2D eigenvalue weighted by Gasteiger charge is -2.21. The van der Waals surface area contributed by atoms with Gasteiger partial charge in [-0.3, -0.25) is 23.8 Å². The van der Waals surface area contributed by atoms with Crippen LogP contribution < -0.4 is 20.3 Å². The lowest BCUT2D eigenvalue weighted by Crippen LogP contribution is -2.37. The number of hydrogen-bond acceptors (Lipinski definition) is 6. The molecule has 13 heteroatoms. The van der Waals surface area contributed by atoms with E-state index in [1.807, 2.05) is 23.6 Å². The van der Waals surface area contributed by atoms with Crippen molar-refractivity contribution in [3.63, 3.8) is 0 Å². The van der Waals surface area contributed by atoms with Crippen LogP contribution in [-0.4, -0.2) is 45.7 Å². The predicted octanol–water partition coefficient (Wildman–Crippen LogP) is 6.73. The summed E-state index contributed by atoms with van der Waals surface area (Å²) in [5.41, 5.74) is 4.15. The van der Waals surface area contributed by atoms with E-state index in [1.165, 1.54) is 11.0 Å². The summed E-state index contributed by atoms with van der Waals surface area (Å²) in [6, 6.07) is 17.0. The Bertz CT molecular complexity index is 1950. The number of rotatable bonds is 10. The Morgan fingerprint density at radius 1 is 1.04 bits per heavy atom. The van der Waals surface area contributed by atoms with Crippen LogP contribution in [0.3, 0.4) is 0 Å². The number of ether oxygens (including phenoxy) is 1. The van der Waals surface area contributed by atoms with Crippen LogP contribution in [0.15, 0.2) is 89.9 Å². The molecule has 0 atom stereocenters. The fourth-order valence-electron chi connectivity index (χ4n) is 4.40. The molecular weight excluding hydrogens is 695 g/mol. The number of hydrogen-bond donors (Lipinski definition) is 2. The molecule has 234 valence electrons. The average Bonchev–Trinajstić information content (AvgIpc) is 3.36. The highest BCUT2D eigenvalue weighted by molar-refractivity contribution is 9.10. The SMILES string of the molecule is Cc1nc2c(OCc3c(Cl)ccc(N(C)C(=O)CNC(=O)/C=C/c4ccc(C(=O)Nc5ccncc5)cc4)c3Cl)cccn2c1Br. The molecule has 0 bridgehead atoms. The van der Waals surface area contributed by atoms with Crippen LogP contribution in [0.25, 0.3) is 11.7 Å². The first-order valence-corrected chi connectivity index (χ1v) is 15.4. The van der Waals surface area contributed by atoms with Crippen molar-refractivity contribution < 1.29 is 19.1 Å². The molecule has 5 aromatic rings. The molecule has 2 aromatic carbocycles. The predicted molar refractivity (Wildman–Crippen MR) is 183 cm³/mol. The van der Waals surface area contributed by atoms with E-state index in [-0.39, 0.29) is 24.1 Å². The molecule has 0 radical (unpaired) electrons. The lowest BCUT2D eigenvalue weighted by molar-refractivity contribution is -0.122. The molecular formula is C33H27BrCl2N6O4. The molecule has 0 aliphatic heterocycles. The Kier molecular flexibility index (Phi) is 10.4. The number of aryl methyl sites for hydroxylation is 1. The molecule has 0 aliphatic carbocycles. The molecule has 0 unspecified atom stereocenters. The maximum atomic E-state index is 13.0. The van der Waals surface area contributed by atoms with E-state index in [9.17, 15) is 14.4 Å². The maximum absolute atomic E-state index is 13.0. The van der Waals surface area contributed by atoms with Gasteiger partial charge in [0, 0.05) is 53.6 Å². The van der Waals surface area contributed by atoms with E-state index < -0.39 is 11.8 Å². The van der Waals surface area contributed by atoms with Crippen molar-refractivity contribution in [1.82, 2.24) is 19.7 Å². The number of fused-ring (bicyclic) bond motifs is 1. The van der Waals surface area contributed by atoms with Gasteiger partial charge in [0.15, 0.2) is 11.4 Å². The van der Waals surface area contributed by atoms with E-state index in [1.54, 1.807) is 80.1 Å². The zero-order valence-electron chi connectivity index (χ0n) is 24.6. The molecule has 46 heavy (non-hydrogen) atoms. The molecule has 0 spiro atoms. The summed E-state index contributed by atoms with van der Waals surface area (Å²) in [5.74, 6) is -0.591. The van der Waals surface area contributed by atoms with E-state index in [0.717, 1.165) is 10.3 Å². The van der Waals surface area contributed by atoms with Gasteiger partial charge in [-0.15, -0.1) is 0 Å². The minimum Gasteiger partial charge on any atom is -0.485 e. The molecule has 3 heterocycles. The highest BCUT2D eigenvalue weighted by Crippen LogP contribution is 2.35. The summed E-state index contributed by atoms with van der Waals surface area (Å²) in [6.45, 7) is 1.65. The summed E-state index contributed by atoms with van der Waals surface area (Å²) < 4.78 is 8.74. The number of benzene rings is 2. The molecule has 2 N–H and O–H groups in total. The van der Waals surface area contributed by atoms with Crippen molar-refractivity contribution in [1.29, 1.82) is 0 Å². The summed E-state index contributed by atoms with van der Waals surface area (Å²) >= 11 is 16.7. The monoisotopic (exact) mass is 720 g/mol. The number of aromatic nitrogens is 3. The van der Waals surface area contributed by atoms with Gasteiger partial charge in [-0.05, 0) is 83.0 Å². The summed E-state index contributed by atoms with van der Waals surface area (Å²) in [4.78, 5) is 47.7. The van der Waals surface area contributed by atoms with Gasteiger partial charge in [-0.1, -0.05) is 35.3 Å². The van der Waals surface area contributed by atoms with Crippen LogP contribution in [0.5, 0.6) is 5.75 Å². The van der Waals surface area contributed by atoms with E-state index in [2.05, 4.69) is 36.5 Å². The van der Waals surface area contributed by atoms with Gasteiger partial charge in [0.1, 0.15) is 11.2 Å². The lowest BCUT2D eigenvalue weighted by atomic mass is 10.1. The van der Waals surface area contributed by atoms with Crippen molar-refractivity contribution in [2.75, 3.05) is 23.8 Å². The number of likely N-dealkylation sites (N-methyl/N-ethyl adjacent to an activating group) is 1. The van der Waals surface area contributed by atoms with Crippen molar-refractivity contribution >= 4 is 80.0 Å². The topological polar surface area (TPSA) is 118 Å². The Morgan fingerprint density at radius 2 is 1.78 bits per heavy atom. The van der Waals surface area contributed by atoms with Crippen molar-refractivity contribution in [2.24, 2.45) is 0 Å². The standard InChI is InChI=1S/C33H27BrCl2N6O4/c1-20-31(34)42-17-3-4-27(32(42)39-20)46-19-24-25(35)10-11-26(30(24)36)41(2)29(44)18-38-28(43)12-7-21-5-8-22(9-6-21)33(45)40-23-13-15-37-16-14-23/h3-17H,18-19H2,1-2H3,(H,38,43)(H,37,40,45)/b12-7+. The summed E-state index contributed by atoms with van der Waals surface area (Å²) in [7, 11) is 1.56. The first-order chi connectivity index (χ1) is 22.1. The van der Waals surface area contributed by atoms with Crippen molar-refractivity contribution in [2.45, 2.75) is 13.5 Å². The molecule has 0 fully saturated rings. The second-order valence-corrected chi connectivity index (χ2v) is 11.6. The first kappa shape index (κ1) is 32.7. The minimum absolute atomic E-state index is 0.0364. The van der Waals surface area contributed by atoms with Gasteiger partial charge < -0.3 is 20.3 Å². The number of pyridine rings is 2. The molecule has 0 saturated carbocycles. The number of halogens is 3. The number of nitrogens with zero attached hydrogens (tertiary/aromatic N) is 4. The molecule has 0 aliphatic rings. The Morgan fingerprint density at radius 3 is 2.52 bits per heavy atom. The second kappa shape index (κ2) is 14.6. The summed E-state index contributed by atoms with van der Waals surface area (Å²) in [6.07, 6.45) is 7.94. The molecule has 10 nitrogen and oxygen atoms in total. The number of anilines is 2. The van der Waals surface area contributed by atoms with Crippen LogP contribution in [0.1, 0.15) is 27.2 Å². The smallest absolute Gasteiger partial charge is 0.255 e. The molecule has 3 amide bonds. The number of amides is 3. The van der Waals surface area contributed by atoms with E-state index in [4.69, 9.17) is 27.9 Å². The molecule has 5 rings (SSSR count). The van der Waals surface area contributed by atoms with Gasteiger partial charge in [-0.25, -0.2) is 4.98 Å². The van der Waals surface area contributed by atoms with Crippen LogP contribution in [0, 0.1) is 6.92 Å². The third-order valence-electron chi connectivity index (χ3n) is 6.94. The number of carbonyl (C=O) groups is 3. The van der Waals surface area contributed by atoms with Crippen molar-refractivity contribution in [3.05, 3.63) is 122 Å².